The van der Waals surface area contributed by atoms with Gasteiger partial charge in [0.2, 0.25) is 0 Å². The van der Waals surface area contributed by atoms with E-state index in [0.29, 0.717) is 25.9 Å². The molecule has 1 amide bonds. The molecule has 1 aromatic heterocycles. The number of H-pyrrole nitrogens is 1. The number of benzene rings is 2. The number of amides is 1. The summed E-state index contributed by atoms with van der Waals surface area (Å²) >= 11 is 0. The van der Waals surface area contributed by atoms with Gasteiger partial charge in [-0.25, -0.2) is 0 Å². The average Bonchev–Trinajstić information content (AvgIpc) is 3.03. The van der Waals surface area contributed by atoms with Gasteiger partial charge in [-0.1, -0.05) is 36.8 Å². The minimum atomic E-state index is -0.847. The molecule has 3 aromatic rings. The van der Waals surface area contributed by atoms with Crippen LogP contribution >= 0.6 is 0 Å². The number of hydrogen-bond acceptors (Lipinski definition) is 2. The van der Waals surface area contributed by atoms with E-state index in [0.717, 1.165) is 34.0 Å². The number of fused-ring (bicyclic) bond motifs is 1. The summed E-state index contributed by atoms with van der Waals surface area (Å²) in [5.41, 5.74) is 5.50. The summed E-state index contributed by atoms with van der Waals surface area (Å²) in [6.45, 7) is 7.40. The first-order chi connectivity index (χ1) is 13.4. The molecule has 4 rings (SSSR count). The van der Waals surface area contributed by atoms with E-state index in [9.17, 15) is 9.90 Å². The summed E-state index contributed by atoms with van der Waals surface area (Å²) in [5.74, 6) is 0.0480. The lowest BCUT2D eigenvalue weighted by Gasteiger charge is -2.38. The molecular weight excluding hydrogens is 348 g/mol. The molecule has 1 aliphatic heterocycles. The van der Waals surface area contributed by atoms with Crippen LogP contribution < -0.4 is 0 Å². The van der Waals surface area contributed by atoms with Crippen LogP contribution in [0.1, 0.15) is 52.5 Å². The standard InChI is InChI=1S/C24H28N2O2/c1-4-21-17(3)20-15-18(8-9-22(20)25-21)23(27)26-12-10-24(28,11-13-26)19-7-5-6-16(2)14-19/h5-9,14-15,25,28H,4,10-13H2,1-3H3. The maximum atomic E-state index is 13.1. The van der Waals surface area contributed by atoms with E-state index >= 15 is 0 Å². The number of piperidine rings is 1. The maximum absolute atomic E-state index is 13.1. The largest absolute Gasteiger partial charge is 0.385 e. The van der Waals surface area contributed by atoms with E-state index in [1.54, 1.807) is 0 Å². The van der Waals surface area contributed by atoms with Crippen molar-refractivity contribution in [2.45, 2.75) is 45.6 Å². The fraction of sp³-hybridized carbons (Fsp3) is 0.375. The van der Waals surface area contributed by atoms with Crippen molar-refractivity contribution in [2.24, 2.45) is 0 Å². The third kappa shape index (κ3) is 3.22. The number of aromatic amines is 1. The van der Waals surface area contributed by atoms with Gasteiger partial charge in [-0.15, -0.1) is 0 Å². The zero-order chi connectivity index (χ0) is 19.9. The van der Waals surface area contributed by atoms with Crippen LogP contribution in [-0.2, 0) is 12.0 Å². The Morgan fingerprint density at radius 3 is 2.57 bits per heavy atom. The van der Waals surface area contributed by atoms with Crippen molar-refractivity contribution in [3.8, 4) is 0 Å². The van der Waals surface area contributed by atoms with Crippen molar-refractivity contribution in [1.29, 1.82) is 0 Å². The summed E-state index contributed by atoms with van der Waals surface area (Å²) in [6, 6.07) is 14.0. The zero-order valence-electron chi connectivity index (χ0n) is 16.9. The third-order valence-electron chi connectivity index (χ3n) is 6.20. The molecule has 0 bridgehead atoms. The highest BCUT2D eigenvalue weighted by molar-refractivity contribution is 5.99. The number of carbonyl (C=O) groups is 1. The van der Waals surface area contributed by atoms with Gasteiger partial charge in [-0.2, -0.15) is 0 Å². The van der Waals surface area contributed by atoms with Crippen LogP contribution in [0.3, 0.4) is 0 Å². The van der Waals surface area contributed by atoms with Gasteiger partial charge in [0.15, 0.2) is 0 Å². The van der Waals surface area contributed by atoms with Crippen molar-refractivity contribution in [1.82, 2.24) is 9.88 Å². The number of carbonyl (C=O) groups excluding carboxylic acids is 1. The van der Waals surface area contributed by atoms with E-state index < -0.39 is 5.60 Å². The molecule has 2 heterocycles. The summed E-state index contributed by atoms with van der Waals surface area (Å²) < 4.78 is 0. The van der Waals surface area contributed by atoms with Gasteiger partial charge in [-0.05, 0) is 62.4 Å². The zero-order valence-corrected chi connectivity index (χ0v) is 16.9. The van der Waals surface area contributed by atoms with Crippen LogP contribution in [0.25, 0.3) is 10.9 Å². The second kappa shape index (κ2) is 7.10. The number of nitrogens with one attached hydrogen (secondary N) is 1. The van der Waals surface area contributed by atoms with Gasteiger partial charge in [0, 0.05) is 35.2 Å². The second-order valence-corrected chi connectivity index (χ2v) is 8.04. The number of likely N-dealkylation sites (tertiary alicyclic amines) is 1. The molecule has 0 spiro atoms. The number of nitrogens with zero attached hydrogens (tertiary/aromatic N) is 1. The van der Waals surface area contributed by atoms with Crippen molar-refractivity contribution < 1.29 is 9.90 Å². The molecular formula is C24H28N2O2. The summed E-state index contributed by atoms with van der Waals surface area (Å²) in [6.07, 6.45) is 2.08. The SMILES string of the molecule is CCc1[nH]c2ccc(C(=O)N3CCC(O)(c4cccc(C)c4)CC3)cc2c1C. The van der Waals surface area contributed by atoms with Crippen molar-refractivity contribution in [3.05, 3.63) is 70.4 Å². The second-order valence-electron chi connectivity index (χ2n) is 8.04. The quantitative estimate of drug-likeness (QED) is 0.708. The molecule has 0 aliphatic carbocycles. The van der Waals surface area contributed by atoms with E-state index in [2.05, 4.69) is 18.8 Å². The average molecular weight is 377 g/mol. The molecule has 1 fully saturated rings. The highest BCUT2D eigenvalue weighted by atomic mass is 16.3. The molecule has 4 nitrogen and oxygen atoms in total. The molecule has 2 aromatic carbocycles. The van der Waals surface area contributed by atoms with Crippen molar-refractivity contribution in [3.63, 3.8) is 0 Å². The van der Waals surface area contributed by atoms with E-state index in [-0.39, 0.29) is 5.91 Å². The number of hydrogen-bond donors (Lipinski definition) is 2. The number of aryl methyl sites for hydroxylation is 3. The van der Waals surface area contributed by atoms with Crippen molar-refractivity contribution >= 4 is 16.8 Å². The van der Waals surface area contributed by atoms with Crippen LogP contribution in [0.2, 0.25) is 0 Å². The number of aliphatic hydroxyl groups is 1. The molecule has 0 saturated carbocycles. The van der Waals surface area contributed by atoms with Crippen molar-refractivity contribution in [2.75, 3.05) is 13.1 Å². The normalized spacial score (nSPS) is 16.5. The fourth-order valence-electron chi connectivity index (χ4n) is 4.35. The summed E-state index contributed by atoms with van der Waals surface area (Å²) in [5, 5.41) is 12.2. The van der Waals surface area contributed by atoms with Gasteiger partial charge in [0.05, 0.1) is 5.60 Å². The minimum absolute atomic E-state index is 0.0480. The molecule has 0 atom stereocenters. The van der Waals surface area contributed by atoms with E-state index in [4.69, 9.17) is 0 Å². The molecule has 2 N–H and O–H groups in total. The smallest absolute Gasteiger partial charge is 0.253 e. The minimum Gasteiger partial charge on any atom is -0.385 e. The fourth-order valence-corrected chi connectivity index (χ4v) is 4.35. The molecule has 28 heavy (non-hydrogen) atoms. The lowest BCUT2D eigenvalue weighted by atomic mass is 9.83. The predicted octanol–water partition coefficient (Wildman–Crippen LogP) is 4.47. The van der Waals surface area contributed by atoms with Gasteiger partial charge >= 0.3 is 0 Å². The Kier molecular flexibility index (Phi) is 4.76. The van der Waals surface area contributed by atoms with Gasteiger partial charge in [0.1, 0.15) is 0 Å². The number of aromatic nitrogens is 1. The monoisotopic (exact) mass is 376 g/mol. The van der Waals surface area contributed by atoms with E-state index in [1.807, 2.05) is 54.3 Å². The lowest BCUT2D eigenvalue weighted by molar-refractivity contribution is -0.0211. The Hall–Kier alpha value is -2.59. The molecule has 0 radical (unpaired) electrons. The molecule has 146 valence electrons. The Balaban J connectivity index is 1.52. The first kappa shape index (κ1) is 18.8. The van der Waals surface area contributed by atoms with Gasteiger partial charge in [-0.3, -0.25) is 4.79 Å². The van der Waals surface area contributed by atoms with Crippen LogP contribution in [0.5, 0.6) is 0 Å². The first-order valence-electron chi connectivity index (χ1n) is 10.1. The summed E-state index contributed by atoms with van der Waals surface area (Å²) in [7, 11) is 0. The van der Waals surface area contributed by atoms with E-state index in [1.165, 1.54) is 11.3 Å². The molecule has 1 aliphatic rings. The van der Waals surface area contributed by atoms with Crippen LogP contribution in [-0.4, -0.2) is 34.0 Å². The Labute approximate surface area is 166 Å². The topological polar surface area (TPSA) is 56.3 Å². The van der Waals surface area contributed by atoms with Crippen LogP contribution in [0.15, 0.2) is 42.5 Å². The first-order valence-corrected chi connectivity index (χ1v) is 10.1. The van der Waals surface area contributed by atoms with Crippen LogP contribution in [0, 0.1) is 13.8 Å². The van der Waals surface area contributed by atoms with Crippen LogP contribution in [0.4, 0.5) is 0 Å². The Morgan fingerprint density at radius 1 is 1.14 bits per heavy atom. The molecule has 0 unspecified atom stereocenters. The molecule has 4 heteroatoms. The summed E-state index contributed by atoms with van der Waals surface area (Å²) in [4.78, 5) is 18.4. The number of rotatable bonds is 3. The highest BCUT2D eigenvalue weighted by Crippen LogP contribution is 2.34. The highest BCUT2D eigenvalue weighted by Gasteiger charge is 2.35. The molecule has 1 saturated heterocycles. The lowest BCUT2D eigenvalue weighted by Crippen LogP contribution is -2.45. The Morgan fingerprint density at radius 2 is 1.89 bits per heavy atom. The maximum Gasteiger partial charge on any atom is 0.253 e. The van der Waals surface area contributed by atoms with Gasteiger partial charge in [0.25, 0.3) is 5.91 Å². The predicted molar refractivity (Wildman–Crippen MR) is 113 cm³/mol. The third-order valence-corrected chi connectivity index (χ3v) is 6.20. The van der Waals surface area contributed by atoms with Gasteiger partial charge < -0.3 is 15.0 Å². The Bertz CT molecular complexity index is 1030.